The first-order chi connectivity index (χ1) is 13.7. The highest BCUT2D eigenvalue weighted by molar-refractivity contribution is 6.31. The molecule has 29 heavy (non-hydrogen) atoms. The van der Waals surface area contributed by atoms with E-state index in [0.717, 1.165) is 28.2 Å². The number of benzene rings is 3. The van der Waals surface area contributed by atoms with Crippen LogP contribution in [0.4, 0.5) is 0 Å². The van der Waals surface area contributed by atoms with Crippen molar-refractivity contribution in [2.24, 2.45) is 0 Å². The quantitative estimate of drug-likeness (QED) is 0.473. The van der Waals surface area contributed by atoms with Gasteiger partial charge >= 0.3 is 0 Å². The highest BCUT2D eigenvalue weighted by Crippen LogP contribution is 2.32. The molecule has 0 heterocycles. The average Bonchev–Trinajstić information content (AvgIpc) is 2.74. The van der Waals surface area contributed by atoms with Gasteiger partial charge in [-0.05, 0) is 18.2 Å². The van der Waals surface area contributed by atoms with Crippen molar-refractivity contribution in [3.05, 3.63) is 88.4 Å². The number of ether oxygens (including phenoxy) is 3. The van der Waals surface area contributed by atoms with Gasteiger partial charge < -0.3 is 19.5 Å². The summed E-state index contributed by atoms with van der Waals surface area (Å²) in [4.78, 5) is 0. The maximum atomic E-state index is 6.25. The van der Waals surface area contributed by atoms with Crippen LogP contribution in [0.2, 0.25) is 5.02 Å². The first-order valence-electron chi connectivity index (χ1n) is 9.07. The van der Waals surface area contributed by atoms with E-state index in [0.29, 0.717) is 30.5 Å². The second kappa shape index (κ2) is 11.6. The van der Waals surface area contributed by atoms with Crippen molar-refractivity contribution in [2.75, 3.05) is 14.2 Å². The van der Waals surface area contributed by atoms with Crippen LogP contribution >= 0.6 is 24.0 Å². The van der Waals surface area contributed by atoms with Gasteiger partial charge in [0.1, 0.15) is 12.4 Å². The first kappa shape index (κ1) is 22.9. The molecule has 0 radical (unpaired) electrons. The molecule has 0 spiro atoms. The predicted octanol–water partition coefficient (Wildman–Crippen LogP) is 5.65. The fraction of sp³-hybridized carbons (Fsp3) is 0.217. The monoisotopic (exact) mass is 433 g/mol. The second-order valence-corrected chi connectivity index (χ2v) is 6.65. The standard InChI is InChI=1S/C23H24ClNO3.ClH/c1-26-21-12-6-4-8-17(21)14-25-15-18-10-7-13-22(27-2)23(18)28-16-19-9-3-5-11-20(19)24;/h3-13,25H,14-16H2,1-2H3;1H. The van der Waals surface area contributed by atoms with Crippen molar-refractivity contribution >= 4 is 24.0 Å². The number of hydrogen-bond donors (Lipinski definition) is 1. The summed E-state index contributed by atoms with van der Waals surface area (Å²) in [5, 5.41) is 4.14. The van der Waals surface area contributed by atoms with Crippen molar-refractivity contribution in [1.82, 2.24) is 5.32 Å². The molecule has 0 aliphatic heterocycles. The molecule has 0 aromatic heterocycles. The third kappa shape index (κ3) is 6.04. The lowest BCUT2D eigenvalue weighted by atomic mass is 10.1. The van der Waals surface area contributed by atoms with Gasteiger partial charge in [-0.1, -0.05) is 60.1 Å². The second-order valence-electron chi connectivity index (χ2n) is 6.24. The zero-order chi connectivity index (χ0) is 19.8. The SMILES string of the molecule is COc1ccccc1CNCc1cccc(OC)c1OCc1ccccc1Cl.Cl. The lowest BCUT2D eigenvalue weighted by molar-refractivity contribution is 0.280. The number of halogens is 2. The summed E-state index contributed by atoms with van der Waals surface area (Å²) in [6.07, 6.45) is 0. The summed E-state index contributed by atoms with van der Waals surface area (Å²) < 4.78 is 17.0. The molecule has 0 atom stereocenters. The lowest BCUT2D eigenvalue weighted by Crippen LogP contribution is -2.14. The summed E-state index contributed by atoms with van der Waals surface area (Å²) in [7, 11) is 3.32. The zero-order valence-electron chi connectivity index (χ0n) is 16.5. The fourth-order valence-corrected chi connectivity index (χ4v) is 3.16. The maximum absolute atomic E-state index is 6.25. The van der Waals surface area contributed by atoms with Gasteiger partial charge in [0.25, 0.3) is 0 Å². The van der Waals surface area contributed by atoms with E-state index in [2.05, 4.69) is 5.32 Å². The number of para-hydroxylation sites is 2. The molecule has 4 nitrogen and oxygen atoms in total. The first-order valence-corrected chi connectivity index (χ1v) is 9.45. The van der Waals surface area contributed by atoms with E-state index in [4.69, 9.17) is 25.8 Å². The third-order valence-electron chi connectivity index (χ3n) is 4.43. The molecule has 0 bridgehead atoms. The summed E-state index contributed by atoms with van der Waals surface area (Å²) in [6.45, 7) is 1.69. The van der Waals surface area contributed by atoms with E-state index < -0.39 is 0 Å². The number of nitrogens with one attached hydrogen (secondary N) is 1. The predicted molar refractivity (Wildman–Crippen MR) is 120 cm³/mol. The Labute approximate surface area is 183 Å². The highest BCUT2D eigenvalue weighted by atomic mass is 35.5. The summed E-state index contributed by atoms with van der Waals surface area (Å²) in [5.74, 6) is 2.29. The molecule has 0 aliphatic carbocycles. The molecule has 0 amide bonds. The molecule has 3 aromatic carbocycles. The van der Waals surface area contributed by atoms with Gasteiger partial charge in [-0.3, -0.25) is 0 Å². The van der Waals surface area contributed by atoms with Gasteiger partial charge in [0, 0.05) is 34.8 Å². The van der Waals surface area contributed by atoms with E-state index >= 15 is 0 Å². The van der Waals surface area contributed by atoms with E-state index in [1.165, 1.54) is 0 Å². The van der Waals surface area contributed by atoms with Crippen LogP contribution in [0.5, 0.6) is 17.2 Å². The number of hydrogen-bond acceptors (Lipinski definition) is 4. The molecule has 0 saturated carbocycles. The number of rotatable bonds is 9. The highest BCUT2D eigenvalue weighted by Gasteiger charge is 2.12. The van der Waals surface area contributed by atoms with Crippen LogP contribution < -0.4 is 19.5 Å². The minimum Gasteiger partial charge on any atom is -0.496 e. The van der Waals surface area contributed by atoms with Crippen LogP contribution in [0.15, 0.2) is 66.7 Å². The van der Waals surface area contributed by atoms with Crippen molar-refractivity contribution in [1.29, 1.82) is 0 Å². The molecule has 0 unspecified atom stereocenters. The van der Waals surface area contributed by atoms with Crippen LogP contribution in [-0.4, -0.2) is 14.2 Å². The largest absolute Gasteiger partial charge is 0.496 e. The Morgan fingerprint density at radius 3 is 2.03 bits per heavy atom. The Bertz CT molecular complexity index is 918. The maximum Gasteiger partial charge on any atom is 0.166 e. The van der Waals surface area contributed by atoms with Gasteiger partial charge in [-0.25, -0.2) is 0 Å². The van der Waals surface area contributed by atoms with Gasteiger partial charge in [0.15, 0.2) is 11.5 Å². The van der Waals surface area contributed by atoms with Crippen molar-refractivity contribution in [3.63, 3.8) is 0 Å². The van der Waals surface area contributed by atoms with Crippen molar-refractivity contribution in [2.45, 2.75) is 19.7 Å². The van der Waals surface area contributed by atoms with E-state index in [1.807, 2.05) is 66.7 Å². The van der Waals surface area contributed by atoms with Crippen LogP contribution in [0.25, 0.3) is 0 Å². The molecule has 0 saturated heterocycles. The Morgan fingerprint density at radius 1 is 0.724 bits per heavy atom. The Hall–Kier alpha value is -2.40. The van der Waals surface area contributed by atoms with Crippen LogP contribution in [0, 0.1) is 0 Å². The molecule has 3 aromatic rings. The normalized spacial score (nSPS) is 10.2. The molecule has 0 fully saturated rings. The van der Waals surface area contributed by atoms with Gasteiger partial charge in [0.2, 0.25) is 0 Å². The molecule has 3 rings (SSSR count). The van der Waals surface area contributed by atoms with E-state index in [9.17, 15) is 0 Å². The summed E-state index contributed by atoms with van der Waals surface area (Å²) in [5.41, 5.74) is 3.05. The zero-order valence-corrected chi connectivity index (χ0v) is 18.1. The van der Waals surface area contributed by atoms with Crippen LogP contribution in [0.3, 0.4) is 0 Å². The van der Waals surface area contributed by atoms with E-state index in [-0.39, 0.29) is 12.4 Å². The summed E-state index contributed by atoms with van der Waals surface area (Å²) >= 11 is 6.25. The number of methoxy groups -OCH3 is 2. The van der Waals surface area contributed by atoms with Crippen molar-refractivity contribution < 1.29 is 14.2 Å². The smallest absolute Gasteiger partial charge is 0.166 e. The molecule has 154 valence electrons. The Balaban J connectivity index is 0.00000300. The average molecular weight is 434 g/mol. The molecule has 6 heteroatoms. The molecule has 1 N–H and O–H groups in total. The van der Waals surface area contributed by atoms with Gasteiger partial charge in [-0.15, -0.1) is 12.4 Å². The van der Waals surface area contributed by atoms with Crippen LogP contribution in [-0.2, 0) is 19.7 Å². The van der Waals surface area contributed by atoms with Gasteiger partial charge in [-0.2, -0.15) is 0 Å². The van der Waals surface area contributed by atoms with Crippen LogP contribution in [0.1, 0.15) is 16.7 Å². The van der Waals surface area contributed by atoms with Crippen molar-refractivity contribution in [3.8, 4) is 17.2 Å². The Kier molecular flexibility index (Phi) is 9.13. The molecular weight excluding hydrogens is 409 g/mol. The van der Waals surface area contributed by atoms with Gasteiger partial charge in [0.05, 0.1) is 14.2 Å². The Morgan fingerprint density at radius 2 is 1.31 bits per heavy atom. The minimum atomic E-state index is 0. The topological polar surface area (TPSA) is 39.7 Å². The fourth-order valence-electron chi connectivity index (χ4n) is 2.97. The lowest BCUT2D eigenvalue weighted by Gasteiger charge is -2.16. The molecule has 0 aliphatic rings. The third-order valence-corrected chi connectivity index (χ3v) is 4.80. The van der Waals surface area contributed by atoms with E-state index in [1.54, 1.807) is 14.2 Å². The summed E-state index contributed by atoms with van der Waals surface area (Å²) in [6, 6.07) is 21.5. The minimum absolute atomic E-state index is 0. The molecular formula is C23H25Cl2NO3.